The van der Waals surface area contributed by atoms with E-state index in [1.807, 2.05) is 7.05 Å². The number of hydrogen-bond donors (Lipinski definition) is 2. The van der Waals surface area contributed by atoms with Gasteiger partial charge in [0.05, 0.1) is 6.54 Å². The summed E-state index contributed by atoms with van der Waals surface area (Å²) in [4.78, 5) is 7.36. The van der Waals surface area contributed by atoms with Gasteiger partial charge in [-0.3, -0.25) is 4.90 Å². The lowest BCUT2D eigenvalue weighted by Gasteiger charge is -2.38. The van der Waals surface area contributed by atoms with Crippen molar-refractivity contribution in [3.63, 3.8) is 0 Å². The maximum absolute atomic E-state index is 4.77. The fraction of sp³-hybridized carbons (Fsp3) is 0.500. The molecule has 0 spiro atoms. The van der Waals surface area contributed by atoms with Gasteiger partial charge in [0.15, 0.2) is 5.96 Å². The van der Waals surface area contributed by atoms with E-state index >= 15 is 0 Å². The summed E-state index contributed by atoms with van der Waals surface area (Å²) in [5, 5.41) is 7.05. The van der Waals surface area contributed by atoms with Crippen molar-refractivity contribution in [3.8, 4) is 0 Å². The molecule has 2 heterocycles. The van der Waals surface area contributed by atoms with Crippen molar-refractivity contribution in [2.45, 2.75) is 51.9 Å². The summed E-state index contributed by atoms with van der Waals surface area (Å²) >= 11 is 0. The molecule has 5 heteroatoms. The van der Waals surface area contributed by atoms with E-state index in [0.717, 1.165) is 38.4 Å². The summed E-state index contributed by atoms with van der Waals surface area (Å²) in [6.45, 7) is 8.19. The van der Waals surface area contributed by atoms with Gasteiger partial charge in [0.2, 0.25) is 0 Å². The van der Waals surface area contributed by atoms with Crippen LogP contribution in [0.5, 0.6) is 0 Å². The van der Waals surface area contributed by atoms with Crippen molar-refractivity contribution < 1.29 is 0 Å². The van der Waals surface area contributed by atoms with Crippen LogP contribution in [0.3, 0.4) is 0 Å². The lowest BCUT2D eigenvalue weighted by Crippen LogP contribution is -2.51. The lowest BCUT2D eigenvalue weighted by molar-refractivity contribution is 0.134. The van der Waals surface area contributed by atoms with Gasteiger partial charge >= 0.3 is 0 Å². The van der Waals surface area contributed by atoms with Crippen molar-refractivity contribution >= 4 is 5.96 Å². The first-order chi connectivity index (χ1) is 13.1. The summed E-state index contributed by atoms with van der Waals surface area (Å²) in [5.74, 6) is 0.926. The number of benzene rings is 1. The Hall–Kier alpha value is -2.27. The van der Waals surface area contributed by atoms with E-state index in [4.69, 9.17) is 4.99 Å². The van der Waals surface area contributed by atoms with E-state index in [0.29, 0.717) is 18.6 Å². The van der Waals surface area contributed by atoms with Crippen LogP contribution in [0.25, 0.3) is 0 Å². The van der Waals surface area contributed by atoms with Gasteiger partial charge in [-0.15, -0.1) is 0 Å². The van der Waals surface area contributed by atoms with Crippen molar-refractivity contribution in [1.82, 2.24) is 20.1 Å². The molecule has 1 fully saturated rings. The highest BCUT2D eigenvalue weighted by molar-refractivity contribution is 5.80. The molecule has 0 aliphatic carbocycles. The van der Waals surface area contributed by atoms with Gasteiger partial charge < -0.3 is 15.2 Å². The number of hydrogen-bond acceptors (Lipinski definition) is 2. The zero-order valence-electron chi connectivity index (χ0n) is 16.9. The summed E-state index contributed by atoms with van der Waals surface area (Å²) in [7, 11) is 2.04. The van der Waals surface area contributed by atoms with Crippen molar-refractivity contribution in [2.75, 3.05) is 13.1 Å². The zero-order chi connectivity index (χ0) is 19.1. The quantitative estimate of drug-likeness (QED) is 0.609. The van der Waals surface area contributed by atoms with Gasteiger partial charge in [-0.25, -0.2) is 4.99 Å². The van der Waals surface area contributed by atoms with Crippen LogP contribution >= 0.6 is 0 Å². The molecule has 1 aliphatic rings. The van der Waals surface area contributed by atoms with Crippen LogP contribution < -0.4 is 10.6 Å². The molecular formula is C22H33N5. The number of guanidine groups is 1. The Morgan fingerprint density at radius 3 is 2.67 bits per heavy atom. The predicted molar refractivity (Wildman–Crippen MR) is 113 cm³/mol. The highest BCUT2D eigenvalue weighted by Crippen LogP contribution is 2.20. The van der Waals surface area contributed by atoms with Crippen LogP contribution in [0.1, 0.15) is 37.8 Å². The molecule has 2 N–H and O–H groups in total. The molecule has 0 amide bonds. The van der Waals surface area contributed by atoms with E-state index in [-0.39, 0.29) is 0 Å². The largest absolute Gasteiger partial charge is 0.357 e. The summed E-state index contributed by atoms with van der Waals surface area (Å²) in [5.41, 5.74) is 2.63. The molecular weight excluding hydrogens is 334 g/mol. The smallest absolute Gasteiger partial charge is 0.191 e. The Kier molecular flexibility index (Phi) is 6.93. The first-order valence-electron chi connectivity index (χ1n) is 10.1. The maximum atomic E-state index is 4.77. The van der Waals surface area contributed by atoms with E-state index in [1.165, 1.54) is 11.1 Å². The molecule has 5 nitrogen and oxygen atoms in total. The summed E-state index contributed by atoms with van der Waals surface area (Å²) < 4.78 is 2.06. The molecule has 1 aliphatic heterocycles. The van der Waals surface area contributed by atoms with Gasteiger partial charge in [0, 0.05) is 51.2 Å². The van der Waals surface area contributed by atoms with Crippen LogP contribution in [0.4, 0.5) is 0 Å². The minimum atomic E-state index is 0.473. The topological polar surface area (TPSA) is 44.6 Å². The highest BCUT2D eigenvalue weighted by Gasteiger charge is 2.25. The number of nitrogens with zero attached hydrogens (tertiary/aromatic N) is 3. The Balaban J connectivity index is 1.53. The lowest BCUT2D eigenvalue weighted by atomic mass is 9.97. The second kappa shape index (κ2) is 9.60. The molecule has 2 atom stereocenters. The second-order valence-corrected chi connectivity index (χ2v) is 7.55. The average molecular weight is 368 g/mol. The fourth-order valence-corrected chi connectivity index (χ4v) is 3.74. The highest BCUT2D eigenvalue weighted by atomic mass is 15.2. The number of aryl methyl sites for hydroxylation is 1. The number of aliphatic imine (C=N–C) groups is 1. The molecule has 0 saturated carbocycles. The van der Waals surface area contributed by atoms with Crippen molar-refractivity contribution in [2.24, 2.45) is 12.0 Å². The molecule has 27 heavy (non-hydrogen) atoms. The van der Waals surface area contributed by atoms with Gasteiger partial charge in [0.25, 0.3) is 0 Å². The molecule has 1 aromatic heterocycles. The molecule has 0 bridgehead atoms. The average Bonchev–Trinajstić information content (AvgIpc) is 3.08. The third kappa shape index (κ3) is 5.86. The van der Waals surface area contributed by atoms with Gasteiger partial charge in [-0.1, -0.05) is 30.3 Å². The van der Waals surface area contributed by atoms with Crippen molar-refractivity contribution in [1.29, 1.82) is 0 Å². The first kappa shape index (κ1) is 19.5. The van der Waals surface area contributed by atoms with E-state index in [9.17, 15) is 0 Å². The second-order valence-electron chi connectivity index (χ2n) is 7.55. The third-order valence-corrected chi connectivity index (χ3v) is 5.24. The fourth-order valence-electron chi connectivity index (χ4n) is 3.74. The zero-order valence-corrected chi connectivity index (χ0v) is 16.9. The third-order valence-electron chi connectivity index (χ3n) is 5.24. The van der Waals surface area contributed by atoms with Crippen molar-refractivity contribution in [3.05, 3.63) is 59.9 Å². The molecule has 2 unspecified atom stereocenters. The Bertz CT molecular complexity index is 721. The number of piperidine rings is 1. The molecule has 2 aromatic rings. The Morgan fingerprint density at radius 2 is 2.00 bits per heavy atom. The van der Waals surface area contributed by atoms with E-state index in [1.54, 1.807) is 0 Å². The number of nitrogens with one attached hydrogen (secondary N) is 2. The minimum Gasteiger partial charge on any atom is -0.357 e. The van der Waals surface area contributed by atoms with Crippen LogP contribution in [-0.2, 0) is 20.1 Å². The van der Waals surface area contributed by atoms with Gasteiger partial charge in [0.1, 0.15) is 0 Å². The predicted octanol–water partition coefficient (Wildman–Crippen LogP) is 3.13. The maximum Gasteiger partial charge on any atom is 0.191 e. The summed E-state index contributed by atoms with van der Waals surface area (Å²) in [6.07, 6.45) is 6.47. The molecule has 1 saturated heterocycles. The Morgan fingerprint density at radius 1 is 1.19 bits per heavy atom. The molecule has 3 rings (SSSR count). The Labute approximate surface area is 163 Å². The summed E-state index contributed by atoms with van der Waals surface area (Å²) in [6, 6.07) is 13.9. The van der Waals surface area contributed by atoms with Crippen LogP contribution in [0, 0.1) is 0 Å². The monoisotopic (exact) mass is 367 g/mol. The van der Waals surface area contributed by atoms with E-state index in [2.05, 4.69) is 82.7 Å². The van der Waals surface area contributed by atoms with Gasteiger partial charge in [-0.2, -0.15) is 0 Å². The number of aromatic nitrogens is 1. The van der Waals surface area contributed by atoms with Crippen LogP contribution in [0.15, 0.2) is 53.8 Å². The molecule has 0 radical (unpaired) electrons. The van der Waals surface area contributed by atoms with Crippen LogP contribution in [-0.4, -0.2) is 40.6 Å². The normalized spacial score (nSPS) is 21.2. The SMILES string of the molecule is CCNC(=NCc1ccn(C)c1)NC1CCN(Cc2ccccc2)C(C)C1. The van der Waals surface area contributed by atoms with Crippen LogP contribution in [0.2, 0.25) is 0 Å². The number of rotatable bonds is 6. The number of likely N-dealkylation sites (tertiary alicyclic amines) is 1. The standard InChI is InChI=1S/C22H33N5/c1-4-23-22(24-15-20-10-12-26(3)16-20)25-21-11-13-27(18(2)14-21)17-19-8-6-5-7-9-19/h5-10,12,16,18,21H,4,11,13-15,17H2,1-3H3,(H2,23,24,25). The minimum absolute atomic E-state index is 0.473. The van der Waals surface area contributed by atoms with E-state index < -0.39 is 0 Å². The molecule has 1 aromatic carbocycles. The molecule has 146 valence electrons. The first-order valence-corrected chi connectivity index (χ1v) is 10.1. The van der Waals surface area contributed by atoms with Gasteiger partial charge in [-0.05, 0) is 43.9 Å².